The number of nitrogens with zero attached hydrogens (tertiary/aromatic N) is 2. The molecule has 0 aliphatic carbocycles. The quantitative estimate of drug-likeness (QED) is 0.402. The van der Waals surface area contributed by atoms with E-state index in [1.165, 1.54) is 16.0 Å². The molecule has 0 saturated heterocycles. The van der Waals surface area contributed by atoms with Crippen molar-refractivity contribution in [3.8, 4) is 21.0 Å². The fourth-order valence-corrected chi connectivity index (χ4v) is 4.29. The van der Waals surface area contributed by atoms with Gasteiger partial charge >= 0.3 is 0 Å². The molecule has 1 unspecified atom stereocenters. The van der Waals surface area contributed by atoms with Crippen LogP contribution in [0.3, 0.4) is 0 Å². The van der Waals surface area contributed by atoms with Gasteiger partial charge in [0, 0.05) is 16.8 Å². The van der Waals surface area contributed by atoms with Crippen LogP contribution in [0, 0.1) is 0 Å². The molecule has 5 heteroatoms. The molecule has 0 aliphatic rings. The highest BCUT2D eigenvalue weighted by atomic mass is 32.1. The summed E-state index contributed by atoms with van der Waals surface area (Å²) >= 11 is 1.74. The minimum atomic E-state index is -0.514. The second-order valence-corrected chi connectivity index (χ2v) is 7.95. The number of thiophene rings is 1. The van der Waals surface area contributed by atoms with Crippen LogP contribution >= 0.6 is 11.3 Å². The number of nitrogens with one attached hydrogen (secondary N) is 1. The van der Waals surface area contributed by atoms with Gasteiger partial charge in [-0.1, -0.05) is 43.3 Å². The van der Waals surface area contributed by atoms with E-state index in [0.717, 1.165) is 28.2 Å². The fourth-order valence-electron chi connectivity index (χ4n) is 3.25. The van der Waals surface area contributed by atoms with Gasteiger partial charge in [-0.2, -0.15) is 0 Å². The van der Waals surface area contributed by atoms with Crippen molar-refractivity contribution in [2.24, 2.45) is 0 Å². The second kappa shape index (κ2) is 8.55. The van der Waals surface area contributed by atoms with E-state index in [2.05, 4.69) is 58.6 Å². The number of hydrogen-bond acceptors (Lipinski definition) is 5. The molecule has 0 bridgehead atoms. The van der Waals surface area contributed by atoms with Crippen LogP contribution in [-0.2, 0) is 6.42 Å². The van der Waals surface area contributed by atoms with Gasteiger partial charge in [0.15, 0.2) is 0 Å². The molecule has 4 nitrogen and oxygen atoms in total. The Kier molecular flexibility index (Phi) is 5.69. The topological polar surface area (TPSA) is 58.0 Å². The van der Waals surface area contributed by atoms with E-state index in [0.29, 0.717) is 5.95 Å². The van der Waals surface area contributed by atoms with Gasteiger partial charge in [0.05, 0.1) is 16.7 Å². The number of anilines is 2. The molecule has 0 spiro atoms. The lowest BCUT2D eigenvalue weighted by Crippen LogP contribution is -1.99. The van der Waals surface area contributed by atoms with Crippen LogP contribution in [0.2, 0.25) is 0 Å². The zero-order valence-corrected chi connectivity index (χ0v) is 17.3. The van der Waals surface area contributed by atoms with E-state index in [-0.39, 0.29) is 0 Å². The Morgan fingerprint density at radius 3 is 2.66 bits per heavy atom. The molecule has 0 saturated carbocycles. The van der Waals surface area contributed by atoms with E-state index in [9.17, 15) is 5.11 Å². The summed E-state index contributed by atoms with van der Waals surface area (Å²) in [6.45, 7) is 3.93. The standard InChI is InChI=1S/C24H23N3OS/c1-3-17-7-4-5-10-20(17)22-11-12-23(29-22)21-13-14-25-24(27-21)26-19-9-6-8-18(15-19)16(2)28/h4-16,28H,3H2,1-2H3,(H,25,26,27). The third-order valence-electron chi connectivity index (χ3n) is 4.80. The summed E-state index contributed by atoms with van der Waals surface area (Å²) in [7, 11) is 0. The summed E-state index contributed by atoms with van der Waals surface area (Å²) in [4.78, 5) is 11.4. The Hall–Kier alpha value is -3.02. The molecular weight excluding hydrogens is 378 g/mol. The van der Waals surface area contributed by atoms with E-state index in [1.807, 2.05) is 30.3 Å². The van der Waals surface area contributed by atoms with Crippen molar-refractivity contribution < 1.29 is 5.11 Å². The van der Waals surface area contributed by atoms with E-state index < -0.39 is 6.10 Å². The van der Waals surface area contributed by atoms with Gasteiger partial charge in [-0.15, -0.1) is 11.3 Å². The van der Waals surface area contributed by atoms with Crippen molar-refractivity contribution in [3.05, 3.63) is 84.1 Å². The molecule has 4 aromatic rings. The Morgan fingerprint density at radius 1 is 1.00 bits per heavy atom. The average molecular weight is 402 g/mol. The average Bonchev–Trinajstić information content (AvgIpc) is 3.24. The lowest BCUT2D eigenvalue weighted by molar-refractivity contribution is 0.199. The van der Waals surface area contributed by atoms with Crippen LogP contribution < -0.4 is 5.32 Å². The van der Waals surface area contributed by atoms with Gasteiger partial charge in [-0.25, -0.2) is 9.97 Å². The third-order valence-corrected chi connectivity index (χ3v) is 5.94. The predicted molar refractivity (Wildman–Crippen MR) is 121 cm³/mol. The van der Waals surface area contributed by atoms with Gasteiger partial charge < -0.3 is 10.4 Å². The highest BCUT2D eigenvalue weighted by molar-refractivity contribution is 7.18. The maximum absolute atomic E-state index is 9.78. The first-order chi connectivity index (χ1) is 14.1. The Morgan fingerprint density at radius 2 is 1.83 bits per heavy atom. The molecule has 0 aliphatic heterocycles. The molecule has 0 radical (unpaired) electrons. The molecule has 146 valence electrons. The number of rotatable bonds is 6. The predicted octanol–water partition coefficient (Wildman–Crippen LogP) is 6.23. The Labute approximate surface area is 174 Å². The minimum Gasteiger partial charge on any atom is -0.389 e. The van der Waals surface area contributed by atoms with Crippen molar-refractivity contribution in [2.75, 3.05) is 5.32 Å². The van der Waals surface area contributed by atoms with Crippen molar-refractivity contribution >= 4 is 23.0 Å². The SMILES string of the molecule is CCc1ccccc1-c1ccc(-c2ccnc(Nc3cccc(C(C)O)c3)n2)s1. The smallest absolute Gasteiger partial charge is 0.227 e. The number of aliphatic hydroxyl groups is 1. The number of benzene rings is 2. The molecule has 0 amide bonds. The molecule has 4 rings (SSSR count). The normalized spacial score (nSPS) is 12.0. The lowest BCUT2D eigenvalue weighted by Gasteiger charge is -2.09. The van der Waals surface area contributed by atoms with Gasteiger partial charge in [-0.3, -0.25) is 0 Å². The summed E-state index contributed by atoms with van der Waals surface area (Å²) in [5.41, 5.74) is 5.23. The monoisotopic (exact) mass is 401 g/mol. The Balaban J connectivity index is 1.60. The molecule has 2 aromatic heterocycles. The van der Waals surface area contributed by atoms with Gasteiger partial charge in [0.25, 0.3) is 0 Å². The van der Waals surface area contributed by atoms with Crippen LogP contribution in [0.5, 0.6) is 0 Å². The molecule has 2 aromatic carbocycles. The van der Waals surface area contributed by atoms with E-state index in [4.69, 9.17) is 0 Å². The maximum Gasteiger partial charge on any atom is 0.227 e. The summed E-state index contributed by atoms with van der Waals surface area (Å²) in [6.07, 6.45) is 2.26. The molecule has 29 heavy (non-hydrogen) atoms. The third kappa shape index (κ3) is 4.36. The first kappa shape index (κ1) is 19.3. The number of aryl methyl sites for hydroxylation is 1. The van der Waals surface area contributed by atoms with E-state index >= 15 is 0 Å². The van der Waals surface area contributed by atoms with Crippen molar-refractivity contribution in [1.29, 1.82) is 0 Å². The first-order valence-corrected chi connectivity index (χ1v) is 10.5. The van der Waals surface area contributed by atoms with Gasteiger partial charge in [0.1, 0.15) is 0 Å². The summed E-state index contributed by atoms with van der Waals surface area (Å²) in [5.74, 6) is 0.536. The summed E-state index contributed by atoms with van der Waals surface area (Å²) in [5, 5.41) is 13.0. The molecule has 2 N–H and O–H groups in total. The van der Waals surface area contributed by atoms with Gasteiger partial charge in [0.2, 0.25) is 5.95 Å². The van der Waals surface area contributed by atoms with Crippen molar-refractivity contribution in [2.45, 2.75) is 26.4 Å². The minimum absolute atomic E-state index is 0.514. The van der Waals surface area contributed by atoms with Crippen LogP contribution in [0.4, 0.5) is 11.6 Å². The first-order valence-electron chi connectivity index (χ1n) is 9.70. The van der Waals surface area contributed by atoms with Crippen LogP contribution in [0.1, 0.15) is 31.1 Å². The summed E-state index contributed by atoms with van der Waals surface area (Å²) in [6, 6.07) is 22.4. The molecule has 0 fully saturated rings. The molecule has 1 atom stereocenters. The van der Waals surface area contributed by atoms with Crippen molar-refractivity contribution in [1.82, 2.24) is 9.97 Å². The van der Waals surface area contributed by atoms with Crippen LogP contribution in [0.25, 0.3) is 21.0 Å². The molecule has 2 heterocycles. The zero-order chi connectivity index (χ0) is 20.2. The Bertz CT molecular complexity index is 1120. The van der Waals surface area contributed by atoms with Crippen molar-refractivity contribution in [3.63, 3.8) is 0 Å². The highest BCUT2D eigenvalue weighted by Crippen LogP contribution is 2.35. The largest absolute Gasteiger partial charge is 0.389 e. The number of aromatic nitrogens is 2. The van der Waals surface area contributed by atoms with Gasteiger partial charge in [-0.05, 0) is 60.4 Å². The number of aliphatic hydroxyl groups excluding tert-OH is 1. The zero-order valence-electron chi connectivity index (χ0n) is 16.5. The van der Waals surface area contributed by atoms with E-state index in [1.54, 1.807) is 24.5 Å². The van der Waals surface area contributed by atoms with Crippen LogP contribution in [-0.4, -0.2) is 15.1 Å². The summed E-state index contributed by atoms with van der Waals surface area (Å²) < 4.78 is 0. The van der Waals surface area contributed by atoms with Crippen LogP contribution in [0.15, 0.2) is 72.9 Å². The number of hydrogen-bond donors (Lipinski definition) is 2. The highest BCUT2D eigenvalue weighted by Gasteiger charge is 2.10. The molecular formula is C24H23N3OS. The fraction of sp³-hybridized carbons (Fsp3) is 0.167. The maximum atomic E-state index is 9.78. The lowest BCUT2D eigenvalue weighted by atomic mass is 10.0. The second-order valence-electron chi connectivity index (χ2n) is 6.87.